The van der Waals surface area contributed by atoms with E-state index in [0.29, 0.717) is 22.7 Å². The fourth-order valence-electron chi connectivity index (χ4n) is 4.60. The molecule has 5 rings (SSSR count). The molecule has 0 radical (unpaired) electrons. The number of nitrogens with zero attached hydrogens (tertiary/aromatic N) is 4. The summed E-state index contributed by atoms with van der Waals surface area (Å²) in [6.45, 7) is 1.81. The maximum atomic E-state index is 13.3. The molecule has 166 valence electrons. The third-order valence-electron chi connectivity index (χ3n) is 6.34. The van der Waals surface area contributed by atoms with Crippen molar-refractivity contribution in [3.05, 3.63) is 114 Å². The summed E-state index contributed by atoms with van der Waals surface area (Å²) in [6.07, 6.45) is 5.47. The average molecular weight is 445 g/mol. The number of benzene rings is 2. The van der Waals surface area contributed by atoms with E-state index in [0.717, 1.165) is 42.9 Å². The predicted molar refractivity (Wildman–Crippen MR) is 133 cm³/mol. The summed E-state index contributed by atoms with van der Waals surface area (Å²) in [6, 6.07) is 27.5. The van der Waals surface area contributed by atoms with Crippen molar-refractivity contribution >= 4 is 11.6 Å². The lowest BCUT2D eigenvalue weighted by molar-refractivity contribution is 0.103. The number of carbonyl (C=O) groups is 1. The minimum Gasteiger partial charge on any atom is -0.356 e. The fraction of sp³-hybridized carbons (Fsp3) is 0.172. The van der Waals surface area contributed by atoms with Gasteiger partial charge in [-0.15, -0.1) is 0 Å². The molecular weight excluding hydrogens is 420 g/mol. The van der Waals surface area contributed by atoms with Gasteiger partial charge in [0.05, 0.1) is 11.6 Å². The molecule has 0 aliphatic carbocycles. The van der Waals surface area contributed by atoms with Gasteiger partial charge in [0.25, 0.3) is 0 Å². The van der Waals surface area contributed by atoms with Crippen molar-refractivity contribution in [2.45, 2.75) is 18.8 Å². The Morgan fingerprint density at radius 3 is 2.65 bits per heavy atom. The third-order valence-corrected chi connectivity index (χ3v) is 6.34. The predicted octanol–water partition coefficient (Wildman–Crippen LogP) is 5.63. The minimum atomic E-state index is -0.178. The number of piperidine rings is 1. The molecule has 1 saturated heterocycles. The first kappa shape index (κ1) is 21.5. The van der Waals surface area contributed by atoms with Gasteiger partial charge in [0.2, 0.25) is 5.78 Å². The van der Waals surface area contributed by atoms with Crippen molar-refractivity contribution in [2.75, 3.05) is 18.0 Å². The molecule has 1 fully saturated rings. The van der Waals surface area contributed by atoms with E-state index in [4.69, 9.17) is 4.98 Å². The maximum Gasteiger partial charge on any atom is 0.212 e. The monoisotopic (exact) mass is 444 g/mol. The van der Waals surface area contributed by atoms with Crippen LogP contribution < -0.4 is 4.90 Å². The van der Waals surface area contributed by atoms with Gasteiger partial charge in [0.1, 0.15) is 11.5 Å². The Morgan fingerprint density at radius 1 is 0.971 bits per heavy atom. The number of pyridine rings is 2. The van der Waals surface area contributed by atoms with Crippen LogP contribution in [0.3, 0.4) is 0 Å². The second kappa shape index (κ2) is 9.68. The van der Waals surface area contributed by atoms with Crippen molar-refractivity contribution in [3.63, 3.8) is 0 Å². The van der Waals surface area contributed by atoms with Gasteiger partial charge in [-0.1, -0.05) is 54.6 Å². The fourth-order valence-corrected chi connectivity index (χ4v) is 4.60. The summed E-state index contributed by atoms with van der Waals surface area (Å²) in [4.78, 5) is 24.6. The molecule has 0 N–H and O–H groups in total. The second-order valence-electron chi connectivity index (χ2n) is 8.53. The van der Waals surface area contributed by atoms with Crippen LogP contribution in [0.2, 0.25) is 0 Å². The highest BCUT2D eigenvalue weighted by molar-refractivity contribution is 6.08. The third kappa shape index (κ3) is 4.44. The lowest BCUT2D eigenvalue weighted by Crippen LogP contribution is -2.35. The largest absolute Gasteiger partial charge is 0.356 e. The molecule has 3 heterocycles. The quantitative estimate of drug-likeness (QED) is 0.373. The number of carbonyl (C=O) groups excluding carboxylic acids is 1. The van der Waals surface area contributed by atoms with Crippen molar-refractivity contribution in [2.24, 2.45) is 0 Å². The lowest BCUT2D eigenvalue weighted by atomic mass is 9.90. The number of anilines is 1. The van der Waals surface area contributed by atoms with Gasteiger partial charge in [0, 0.05) is 48.1 Å². The van der Waals surface area contributed by atoms with Gasteiger partial charge in [-0.2, -0.15) is 5.26 Å². The summed E-state index contributed by atoms with van der Waals surface area (Å²) in [5.41, 5.74) is 4.24. The number of aromatic nitrogens is 2. The highest BCUT2D eigenvalue weighted by Gasteiger charge is 2.23. The van der Waals surface area contributed by atoms with Crippen molar-refractivity contribution in [1.29, 1.82) is 5.26 Å². The van der Waals surface area contributed by atoms with Crippen LogP contribution in [0.25, 0.3) is 11.1 Å². The van der Waals surface area contributed by atoms with Crippen molar-refractivity contribution in [3.8, 4) is 17.2 Å². The van der Waals surface area contributed by atoms with Crippen LogP contribution in [-0.4, -0.2) is 28.8 Å². The van der Waals surface area contributed by atoms with E-state index in [-0.39, 0.29) is 5.78 Å². The van der Waals surface area contributed by atoms with Gasteiger partial charge in [-0.3, -0.25) is 9.78 Å². The molecule has 1 aliphatic rings. The Morgan fingerprint density at radius 2 is 1.79 bits per heavy atom. The highest BCUT2D eigenvalue weighted by atomic mass is 16.1. The van der Waals surface area contributed by atoms with Gasteiger partial charge < -0.3 is 4.90 Å². The second-order valence-corrected chi connectivity index (χ2v) is 8.53. The van der Waals surface area contributed by atoms with E-state index >= 15 is 0 Å². The van der Waals surface area contributed by atoms with Crippen LogP contribution in [0.15, 0.2) is 91.3 Å². The molecule has 4 aromatic rings. The van der Waals surface area contributed by atoms with E-state index in [9.17, 15) is 10.1 Å². The molecule has 0 bridgehead atoms. The molecule has 0 amide bonds. The molecule has 1 unspecified atom stereocenters. The van der Waals surface area contributed by atoms with Crippen LogP contribution in [0.5, 0.6) is 0 Å². The Hall–Kier alpha value is -4.30. The Kier molecular flexibility index (Phi) is 6.13. The van der Waals surface area contributed by atoms with Gasteiger partial charge in [0.15, 0.2) is 0 Å². The first-order chi connectivity index (χ1) is 16.7. The number of nitriles is 1. The van der Waals surface area contributed by atoms with Crippen LogP contribution in [0.4, 0.5) is 5.82 Å². The molecule has 34 heavy (non-hydrogen) atoms. The average Bonchev–Trinajstić information content (AvgIpc) is 2.93. The van der Waals surface area contributed by atoms with Crippen LogP contribution in [0.1, 0.15) is 45.9 Å². The molecular formula is C29H24N4O. The summed E-state index contributed by atoms with van der Waals surface area (Å²) in [5, 5.41) is 9.43. The SMILES string of the molecule is N#Cc1ccccc1-c1cncc(C(=O)c2cccc(N3CCCC(c4ccccc4)C3)n2)c1. The lowest BCUT2D eigenvalue weighted by Gasteiger charge is -2.34. The number of ketones is 1. The Bertz CT molecular complexity index is 1360. The molecule has 0 spiro atoms. The zero-order valence-corrected chi connectivity index (χ0v) is 18.8. The Balaban J connectivity index is 1.40. The van der Waals surface area contributed by atoms with Crippen LogP contribution in [-0.2, 0) is 0 Å². The number of rotatable bonds is 5. The molecule has 0 saturated carbocycles. The standard InChI is InChI=1S/C29H24N4O/c30-17-22-10-4-5-12-26(22)24-16-25(19-31-18-24)29(34)27-13-6-14-28(32-27)33-15-7-11-23(20-33)21-8-2-1-3-9-21/h1-6,8-10,12-14,16,18-19,23H,7,11,15,20H2. The maximum absolute atomic E-state index is 13.3. The highest BCUT2D eigenvalue weighted by Crippen LogP contribution is 2.29. The van der Waals surface area contributed by atoms with Crippen LogP contribution >= 0.6 is 0 Å². The molecule has 5 nitrogen and oxygen atoms in total. The van der Waals surface area contributed by atoms with E-state index in [2.05, 4.69) is 40.2 Å². The summed E-state index contributed by atoms with van der Waals surface area (Å²) in [7, 11) is 0. The summed E-state index contributed by atoms with van der Waals surface area (Å²) < 4.78 is 0. The van der Waals surface area contributed by atoms with Gasteiger partial charge in [-0.25, -0.2) is 4.98 Å². The zero-order valence-electron chi connectivity index (χ0n) is 18.8. The van der Waals surface area contributed by atoms with Crippen molar-refractivity contribution in [1.82, 2.24) is 9.97 Å². The zero-order chi connectivity index (χ0) is 23.3. The van der Waals surface area contributed by atoms with Crippen molar-refractivity contribution < 1.29 is 4.79 Å². The molecule has 2 aromatic carbocycles. The molecule has 2 aromatic heterocycles. The number of hydrogen-bond donors (Lipinski definition) is 0. The topological polar surface area (TPSA) is 69.9 Å². The normalized spacial score (nSPS) is 15.5. The molecule has 1 atom stereocenters. The number of hydrogen-bond acceptors (Lipinski definition) is 5. The Labute approximate surface area is 199 Å². The van der Waals surface area contributed by atoms with Gasteiger partial charge in [-0.05, 0) is 42.7 Å². The smallest absolute Gasteiger partial charge is 0.212 e. The van der Waals surface area contributed by atoms with E-state index < -0.39 is 0 Å². The first-order valence-corrected chi connectivity index (χ1v) is 11.5. The van der Waals surface area contributed by atoms with Crippen LogP contribution in [0, 0.1) is 11.3 Å². The van der Waals surface area contributed by atoms with E-state index in [1.807, 2.05) is 36.4 Å². The minimum absolute atomic E-state index is 0.178. The molecule has 5 heteroatoms. The van der Waals surface area contributed by atoms with Gasteiger partial charge >= 0.3 is 0 Å². The summed E-state index contributed by atoms with van der Waals surface area (Å²) >= 11 is 0. The summed E-state index contributed by atoms with van der Waals surface area (Å²) in [5.74, 6) is 1.10. The van der Waals surface area contributed by atoms with E-state index in [1.165, 1.54) is 5.56 Å². The first-order valence-electron chi connectivity index (χ1n) is 11.5. The van der Waals surface area contributed by atoms with E-state index in [1.54, 1.807) is 30.6 Å². The molecule has 1 aliphatic heterocycles.